The molecule has 0 radical (unpaired) electrons. The van der Waals surface area contributed by atoms with Crippen molar-refractivity contribution in [3.05, 3.63) is 47.3 Å². The van der Waals surface area contributed by atoms with Crippen LogP contribution in [0.1, 0.15) is 28.0 Å². The van der Waals surface area contributed by atoms with E-state index in [-0.39, 0.29) is 5.56 Å². The third-order valence-electron chi connectivity index (χ3n) is 3.50. The number of H-pyrrole nitrogens is 1. The number of benzene rings is 1. The van der Waals surface area contributed by atoms with Gasteiger partial charge in [-0.1, -0.05) is 18.2 Å². The normalized spacial score (nSPS) is 14.2. The second-order valence-corrected chi connectivity index (χ2v) is 4.72. The predicted molar refractivity (Wildman–Crippen MR) is 71.4 cm³/mol. The van der Waals surface area contributed by atoms with E-state index in [0.29, 0.717) is 12.2 Å². The molecule has 0 aliphatic carbocycles. The molecular weight excluding hydrogens is 242 g/mol. The zero-order valence-electron chi connectivity index (χ0n) is 10.5. The minimum Gasteiger partial charge on any atom is -0.478 e. The third-order valence-corrected chi connectivity index (χ3v) is 3.50. The molecule has 5 heteroatoms. The molecule has 19 heavy (non-hydrogen) atoms. The number of nitrogens with zero attached hydrogens (tertiary/aromatic N) is 2. The molecule has 0 bridgehead atoms. The highest BCUT2D eigenvalue weighted by molar-refractivity contribution is 5.88. The van der Waals surface area contributed by atoms with Crippen LogP contribution < -0.4 is 4.90 Å². The van der Waals surface area contributed by atoms with Crippen molar-refractivity contribution >= 4 is 11.7 Å². The van der Waals surface area contributed by atoms with E-state index in [9.17, 15) is 4.79 Å². The molecule has 2 aromatic rings. The molecule has 5 nitrogen and oxygen atoms in total. The molecule has 2 heterocycles. The summed E-state index contributed by atoms with van der Waals surface area (Å²) in [5.41, 5.74) is 3.43. The molecule has 2 N–H and O–H groups in total. The molecule has 0 saturated carbocycles. The summed E-state index contributed by atoms with van der Waals surface area (Å²) in [5.74, 6) is -0.936. The van der Waals surface area contributed by atoms with Crippen molar-refractivity contribution in [2.24, 2.45) is 0 Å². The van der Waals surface area contributed by atoms with Gasteiger partial charge in [0.05, 0.1) is 18.4 Å². The van der Waals surface area contributed by atoms with Gasteiger partial charge in [-0.2, -0.15) is 5.10 Å². The molecule has 3 rings (SSSR count). The summed E-state index contributed by atoms with van der Waals surface area (Å²) in [6, 6.07) is 8.28. The predicted octanol–water partition coefficient (Wildman–Crippen LogP) is 2.06. The van der Waals surface area contributed by atoms with Gasteiger partial charge in [-0.3, -0.25) is 5.10 Å². The Balaban J connectivity index is 1.89. The number of aromatic nitrogens is 2. The number of hydrogen-bond acceptors (Lipinski definition) is 3. The molecule has 1 aliphatic rings. The lowest BCUT2D eigenvalue weighted by Gasteiger charge is -2.31. The van der Waals surface area contributed by atoms with E-state index in [1.165, 1.54) is 17.4 Å². The van der Waals surface area contributed by atoms with Crippen LogP contribution in [0.2, 0.25) is 0 Å². The van der Waals surface area contributed by atoms with Crippen LogP contribution in [0.3, 0.4) is 0 Å². The second-order valence-electron chi connectivity index (χ2n) is 4.72. The van der Waals surface area contributed by atoms with Crippen LogP contribution in [0.25, 0.3) is 0 Å². The Morgan fingerprint density at radius 3 is 3.11 bits per heavy atom. The maximum absolute atomic E-state index is 11.1. The van der Waals surface area contributed by atoms with Gasteiger partial charge >= 0.3 is 5.97 Å². The summed E-state index contributed by atoms with van der Waals surface area (Å²) >= 11 is 0. The van der Waals surface area contributed by atoms with E-state index in [0.717, 1.165) is 19.4 Å². The van der Waals surface area contributed by atoms with Gasteiger partial charge in [0.25, 0.3) is 0 Å². The van der Waals surface area contributed by atoms with Gasteiger partial charge in [0.15, 0.2) is 0 Å². The lowest BCUT2D eigenvalue weighted by molar-refractivity contribution is 0.0696. The van der Waals surface area contributed by atoms with Crippen molar-refractivity contribution in [2.45, 2.75) is 19.4 Å². The molecular formula is C14H15N3O2. The average molecular weight is 257 g/mol. The highest BCUT2D eigenvalue weighted by Crippen LogP contribution is 2.28. The van der Waals surface area contributed by atoms with Crippen molar-refractivity contribution in [3.63, 3.8) is 0 Å². The lowest BCUT2D eigenvalue weighted by atomic mass is 10.0. The maximum Gasteiger partial charge on any atom is 0.339 e. The zero-order chi connectivity index (χ0) is 13.2. The Bertz CT molecular complexity index is 606. The van der Waals surface area contributed by atoms with Crippen molar-refractivity contribution in [1.29, 1.82) is 0 Å². The molecule has 0 saturated heterocycles. The molecule has 0 unspecified atom stereocenters. The molecule has 98 valence electrons. The third kappa shape index (κ3) is 2.19. The molecule has 1 aliphatic heterocycles. The Kier molecular flexibility index (Phi) is 2.95. The first-order valence-corrected chi connectivity index (χ1v) is 6.34. The number of aryl methyl sites for hydroxylation is 1. The minimum absolute atomic E-state index is 0.253. The van der Waals surface area contributed by atoms with E-state index < -0.39 is 5.97 Å². The van der Waals surface area contributed by atoms with Crippen LogP contribution in [0, 0.1) is 0 Å². The molecule has 1 aromatic heterocycles. The summed E-state index contributed by atoms with van der Waals surface area (Å²) in [4.78, 5) is 13.3. The van der Waals surface area contributed by atoms with Crippen LogP contribution >= 0.6 is 0 Å². The van der Waals surface area contributed by atoms with Crippen molar-refractivity contribution in [3.8, 4) is 0 Å². The number of fused-ring (bicyclic) bond motifs is 1. The van der Waals surface area contributed by atoms with Crippen LogP contribution in [0.5, 0.6) is 0 Å². The van der Waals surface area contributed by atoms with Crippen molar-refractivity contribution in [2.75, 3.05) is 11.4 Å². The highest BCUT2D eigenvalue weighted by Gasteiger charge is 2.20. The van der Waals surface area contributed by atoms with E-state index >= 15 is 0 Å². The molecule has 0 atom stereocenters. The van der Waals surface area contributed by atoms with E-state index in [1.807, 2.05) is 12.1 Å². The standard InChI is InChI=1S/C14H15N3O2/c18-14(19)11-8-15-16-12(11)9-17-7-3-5-10-4-1-2-6-13(10)17/h1-2,4,6,8H,3,5,7,9H2,(H,15,16)(H,18,19). The van der Waals surface area contributed by atoms with Gasteiger partial charge in [-0.05, 0) is 24.5 Å². The van der Waals surface area contributed by atoms with Gasteiger partial charge in [0.2, 0.25) is 0 Å². The fourth-order valence-corrected chi connectivity index (χ4v) is 2.58. The number of nitrogens with one attached hydrogen (secondary N) is 1. The Labute approximate surface area is 110 Å². The molecule has 0 amide bonds. The fourth-order valence-electron chi connectivity index (χ4n) is 2.58. The first-order valence-electron chi connectivity index (χ1n) is 6.34. The monoisotopic (exact) mass is 257 g/mol. The van der Waals surface area contributed by atoms with Gasteiger partial charge < -0.3 is 10.0 Å². The van der Waals surface area contributed by atoms with Gasteiger partial charge in [0, 0.05) is 12.2 Å². The topological polar surface area (TPSA) is 69.2 Å². The van der Waals surface area contributed by atoms with Crippen LogP contribution in [0.15, 0.2) is 30.5 Å². The number of aromatic carboxylic acids is 1. The Morgan fingerprint density at radius 1 is 1.42 bits per heavy atom. The number of anilines is 1. The Hall–Kier alpha value is -2.30. The summed E-state index contributed by atoms with van der Waals surface area (Å²) in [7, 11) is 0. The van der Waals surface area contributed by atoms with Crippen LogP contribution in [-0.2, 0) is 13.0 Å². The summed E-state index contributed by atoms with van der Waals surface area (Å²) < 4.78 is 0. The number of hydrogen-bond donors (Lipinski definition) is 2. The number of carbonyl (C=O) groups is 1. The van der Waals surface area contributed by atoms with Crippen molar-refractivity contribution < 1.29 is 9.90 Å². The zero-order valence-corrected chi connectivity index (χ0v) is 10.5. The highest BCUT2D eigenvalue weighted by atomic mass is 16.4. The number of carboxylic acid groups (broad SMARTS) is 1. The number of rotatable bonds is 3. The number of para-hydroxylation sites is 1. The first-order chi connectivity index (χ1) is 9.25. The van der Waals surface area contributed by atoms with Crippen LogP contribution in [0.4, 0.5) is 5.69 Å². The second kappa shape index (κ2) is 4.76. The summed E-state index contributed by atoms with van der Waals surface area (Å²) in [6.45, 7) is 1.49. The summed E-state index contributed by atoms with van der Waals surface area (Å²) in [5, 5.41) is 15.7. The maximum atomic E-state index is 11.1. The lowest BCUT2D eigenvalue weighted by Crippen LogP contribution is -2.29. The fraction of sp³-hybridized carbons (Fsp3) is 0.286. The Morgan fingerprint density at radius 2 is 2.26 bits per heavy atom. The van der Waals surface area contributed by atoms with Gasteiger partial charge in [-0.25, -0.2) is 4.79 Å². The summed E-state index contributed by atoms with van der Waals surface area (Å²) in [6.07, 6.45) is 3.54. The average Bonchev–Trinajstić information content (AvgIpc) is 2.87. The molecule has 1 aromatic carbocycles. The largest absolute Gasteiger partial charge is 0.478 e. The number of aromatic amines is 1. The van der Waals surface area contributed by atoms with E-state index in [2.05, 4.69) is 27.2 Å². The van der Waals surface area contributed by atoms with Crippen LogP contribution in [-0.4, -0.2) is 27.8 Å². The molecule has 0 spiro atoms. The SMILES string of the molecule is O=C(O)c1cn[nH]c1CN1CCCc2ccccc21. The molecule has 0 fully saturated rings. The van der Waals surface area contributed by atoms with E-state index in [4.69, 9.17) is 5.11 Å². The first kappa shape index (κ1) is 11.8. The smallest absolute Gasteiger partial charge is 0.339 e. The van der Waals surface area contributed by atoms with Gasteiger partial charge in [0.1, 0.15) is 5.56 Å². The van der Waals surface area contributed by atoms with Crippen molar-refractivity contribution in [1.82, 2.24) is 10.2 Å². The van der Waals surface area contributed by atoms with Gasteiger partial charge in [-0.15, -0.1) is 0 Å². The number of carboxylic acids is 1. The minimum atomic E-state index is -0.936. The quantitative estimate of drug-likeness (QED) is 0.883. The van der Waals surface area contributed by atoms with E-state index in [1.54, 1.807) is 0 Å².